The van der Waals surface area contributed by atoms with E-state index in [2.05, 4.69) is 9.88 Å². The van der Waals surface area contributed by atoms with Crippen molar-refractivity contribution in [3.63, 3.8) is 0 Å². The average Bonchev–Trinajstić information content (AvgIpc) is 2.23. The Morgan fingerprint density at radius 2 is 2.12 bits per heavy atom. The number of pyridine rings is 1. The van der Waals surface area contributed by atoms with Crippen molar-refractivity contribution in [3.8, 4) is 0 Å². The van der Waals surface area contributed by atoms with Crippen molar-refractivity contribution < 1.29 is 5.11 Å². The van der Waals surface area contributed by atoms with Gasteiger partial charge in [-0.05, 0) is 37.6 Å². The van der Waals surface area contributed by atoms with Gasteiger partial charge in [0.15, 0.2) is 0 Å². The molecule has 1 aromatic rings. The Balaban J connectivity index is 2.06. The van der Waals surface area contributed by atoms with Crippen LogP contribution in [-0.2, 0) is 6.54 Å². The van der Waals surface area contributed by atoms with Gasteiger partial charge in [0.05, 0.1) is 17.5 Å². The second-order valence-electron chi connectivity index (χ2n) is 4.87. The molecule has 1 unspecified atom stereocenters. The van der Waals surface area contributed by atoms with Crippen molar-refractivity contribution in [2.45, 2.75) is 32.9 Å². The van der Waals surface area contributed by atoms with Crippen LogP contribution in [0, 0.1) is 5.92 Å². The second-order valence-corrected chi connectivity index (χ2v) is 4.87. The molecule has 0 aliphatic carbocycles. The molecule has 88 valence electrons. The number of likely N-dealkylation sites (tertiary alicyclic amines) is 1. The second kappa shape index (κ2) is 4.93. The van der Waals surface area contributed by atoms with Crippen LogP contribution in [0.4, 0.5) is 0 Å². The molecular formula is C13H20N2O. The van der Waals surface area contributed by atoms with E-state index in [9.17, 15) is 5.11 Å². The maximum absolute atomic E-state index is 9.95. The van der Waals surface area contributed by atoms with E-state index in [1.165, 1.54) is 19.5 Å². The molecule has 3 nitrogen and oxygen atoms in total. The zero-order valence-corrected chi connectivity index (χ0v) is 10.1. The number of aromatic nitrogens is 1. The van der Waals surface area contributed by atoms with Gasteiger partial charge in [-0.2, -0.15) is 0 Å². The molecule has 1 atom stereocenters. The molecule has 1 aromatic heterocycles. The van der Waals surface area contributed by atoms with Crippen LogP contribution in [0.2, 0.25) is 0 Å². The molecule has 1 fully saturated rings. The molecule has 1 N–H and O–H groups in total. The van der Waals surface area contributed by atoms with Gasteiger partial charge >= 0.3 is 0 Å². The van der Waals surface area contributed by atoms with Crippen LogP contribution in [-0.4, -0.2) is 28.1 Å². The van der Waals surface area contributed by atoms with Crippen molar-refractivity contribution in [2.24, 2.45) is 5.92 Å². The zero-order valence-electron chi connectivity index (χ0n) is 10.1. The minimum absolute atomic E-state index is 0.215. The van der Waals surface area contributed by atoms with Gasteiger partial charge in [0.2, 0.25) is 0 Å². The highest BCUT2D eigenvalue weighted by molar-refractivity contribution is 5.13. The van der Waals surface area contributed by atoms with Crippen LogP contribution < -0.4 is 0 Å². The number of aliphatic hydroxyl groups excluding tert-OH is 1. The minimum atomic E-state index is -0.448. The summed E-state index contributed by atoms with van der Waals surface area (Å²) in [5, 5.41) is 9.95. The van der Waals surface area contributed by atoms with Gasteiger partial charge in [0.25, 0.3) is 0 Å². The summed E-state index contributed by atoms with van der Waals surface area (Å²) in [6.45, 7) is 7.29. The summed E-state index contributed by atoms with van der Waals surface area (Å²) in [5.74, 6) is 0.215. The smallest absolute Gasteiger partial charge is 0.0982 e. The lowest BCUT2D eigenvalue weighted by Crippen LogP contribution is -2.36. The van der Waals surface area contributed by atoms with Crippen LogP contribution >= 0.6 is 0 Å². The van der Waals surface area contributed by atoms with Gasteiger partial charge in [-0.1, -0.05) is 19.9 Å². The van der Waals surface area contributed by atoms with Crippen molar-refractivity contribution in [1.29, 1.82) is 0 Å². The van der Waals surface area contributed by atoms with E-state index >= 15 is 0 Å². The van der Waals surface area contributed by atoms with Crippen molar-refractivity contribution in [3.05, 3.63) is 29.6 Å². The number of hydrogen-bond donors (Lipinski definition) is 1. The number of nitrogens with zero attached hydrogens (tertiary/aromatic N) is 2. The summed E-state index contributed by atoms with van der Waals surface area (Å²) in [4.78, 5) is 6.89. The van der Waals surface area contributed by atoms with Crippen LogP contribution in [0.3, 0.4) is 0 Å². The number of rotatable bonds is 4. The molecule has 0 spiro atoms. The summed E-state index contributed by atoms with van der Waals surface area (Å²) in [6.07, 6.45) is 0.852. The van der Waals surface area contributed by atoms with E-state index < -0.39 is 6.10 Å². The van der Waals surface area contributed by atoms with Gasteiger partial charge in [-0.15, -0.1) is 0 Å². The van der Waals surface area contributed by atoms with E-state index in [1.54, 1.807) is 0 Å². The van der Waals surface area contributed by atoms with E-state index in [1.807, 2.05) is 32.0 Å². The first kappa shape index (κ1) is 11.6. The Labute approximate surface area is 97.1 Å². The van der Waals surface area contributed by atoms with Crippen molar-refractivity contribution in [2.75, 3.05) is 13.1 Å². The van der Waals surface area contributed by atoms with Crippen LogP contribution in [0.1, 0.15) is 37.8 Å². The largest absolute Gasteiger partial charge is 0.387 e. The molecule has 0 amide bonds. The number of aliphatic hydroxyl groups is 1. The topological polar surface area (TPSA) is 36.4 Å². The standard InChI is InChI=1S/C13H20N2O/c1-10(2)13(16)12-6-3-5-11(14-12)9-15-7-4-8-15/h3,5-6,10,13,16H,4,7-9H2,1-2H3. The normalized spacial score (nSPS) is 18.5. The van der Waals surface area contributed by atoms with E-state index in [-0.39, 0.29) is 5.92 Å². The van der Waals surface area contributed by atoms with Gasteiger partial charge < -0.3 is 5.11 Å². The van der Waals surface area contributed by atoms with Gasteiger partial charge in [-0.25, -0.2) is 0 Å². The third-order valence-corrected chi connectivity index (χ3v) is 3.10. The lowest BCUT2D eigenvalue weighted by Gasteiger charge is -2.30. The van der Waals surface area contributed by atoms with Crippen molar-refractivity contribution >= 4 is 0 Å². The first-order valence-electron chi connectivity index (χ1n) is 6.03. The molecule has 2 heterocycles. The highest BCUT2D eigenvalue weighted by Gasteiger charge is 2.17. The average molecular weight is 220 g/mol. The highest BCUT2D eigenvalue weighted by atomic mass is 16.3. The van der Waals surface area contributed by atoms with Gasteiger partial charge in [0.1, 0.15) is 0 Å². The highest BCUT2D eigenvalue weighted by Crippen LogP contribution is 2.20. The van der Waals surface area contributed by atoms with E-state index in [0.29, 0.717) is 0 Å². The molecule has 0 aromatic carbocycles. The predicted molar refractivity (Wildman–Crippen MR) is 63.9 cm³/mol. The minimum Gasteiger partial charge on any atom is -0.387 e. The summed E-state index contributed by atoms with van der Waals surface area (Å²) in [6, 6.07) is 5.93. The fourth-order valence-electron chi connectivity index (χ4n) is 1.86. The molecule has 0 bridgehead atoms. The molecule has 0 saturated carbocycles. The first-order chi connectivity index (χ1) is 7.66. The number of hydrogen-bond acceptors (Lipinski definition) is 3. The van der Waals surface area contributed by atoms with E-state index in [0.717, 1.165) is 17.9 Å². The third kappa shape index (κ3) is 2.60. The molecule has 2 rings (SSSR count). The van der Waals surface area contributed by atoms with Gasteiger partial charge in [-0.3, -0.25) is 9.88 Å². The first-order valence-corrected chi connectivity index (χ1v) is 6.03. The maximum Gasteiger partial charge on any atom is 0.0982 e. The summed E-state index contributed by atoms with van der Waals surface area (Å²) in [5.41, 5.74) is 1.87. The SMILES string of the molecule is CC(C)C(O)c1cccc(CN2CCC2)n1. The fourth-order valence-corrected chi connectivity index (χ4v) is 1.86. The summed E-state index contributed by atoms with van der Waals surface area (Å²) in [7, 11) is 0. The quantitative estimate of drug-likeness (QED) is 0.843. The van der Waals surface area contributed by atoms with Crippen molar-refractivity contribution in [1.82, 2.24) is 9.88 Å². The molecule has 16 heavy (non-hydrogen) atoms. The monoisotopic (exact) mass is 220 g/mol. The molecular weight excluding hydrogens is 200 g/mol. The Morgan fingerprint density at radius 1 is 1.38 bits per heavy atom. The van der Waals surface area contributed by atoms with Crippen LogP contribution in [0.15, 0.2) is 18.2 Å². The predicted octanol–water partition coefficient (Wildman–Crippen LogP) is 1.98. The molecule has 1 aliphatic heterocycles. The summed E-state index contributed by atoms with van der Waals surface area (Å²) < 4.78 is 0. The lowest BCUT2D eigenvalue weighted by atomic mass is 10.0. The maximum atomic E-state index is 9.95. The lowest BCUT2D eigenvalue weighted by molar-refractivity contribution is 0.121. The molecule has 1 saturated heterocycles. The Kier molecular flexibility index (Phi) is 3.56. The van der Waals surface area contributed by atoms with Gasteiger partial charge in [0, 0.05) is 6.54 Å². The zero-order chi connectivity index (χ0) is 11.5. The Hall–Kier alpha value is -0.930. The van der Waals surface area contributed by atoms with E-state index in [4.69, 9.17) is 0 Å². The van der Waals surface area contributed by atoms with Crippen LogP contribution in [0.5, 0.6) is 0 Å². The fraction of sp³-hybridized carbons (Fsp3) is 0.615. The Bertz CT molecular complexity index is 348. The molecule has 3 heteroatoms. The summed E-state index contributed by atoms with van der Waals surface area (Å²) >= 11 is 0. The van der Waals surface area contributed by atoms with Crippen LogP contribution in [0.25, 0.3) is 0 Å². The molecule has 1 aliphatic rings. The molecule has 0 radical (unpaired) electrons. The third-order valence-electron chi connectivity index (χ3n) is 3.10. The Morgan fingerprint density at radius 3 is 2.69 bits per heavy atom.